The third-order valence-electron chi connectivity index (χ3n) is 3.33. The molecule has 0 bridgehead atoms. The molecule has 0 atom stereocenters. The lowest BCUT2D eigenvalue weighted by Gasteiger charge is -2.09. The van der Waals surface area contributed by atoms with Gasteiger partial charge in [0.2, 0.25) is 0 Å². The van der Waals surface area contributed by atoms with E-state index in [1.807, 2.05) is 31.6 Å². The van der Waals surface area contributed by atoms with E-state index in [4.69, 9.17) is 16.3 Å². The van der Waals surface area contributed by atoms with E-state index < -0.39 is 0 Å². The van der Waals surface area contributed by atoms with E-state index in [1.54, 1.807) is 4.68 Å². The smallest absolute Gasteiger partial charge is 0.318 e. The summed E-state index contributed by atoms with van der Waals surface area (Å²) >= 11 is 6.10. The van der Waals surface area contributed by atoms with Gasteiger partial charge in [-0.3, -0.25) is 4.68 Å². The van der Waals surface area contributed by atoms with Crippen LogP contribution in [-0.4, -0.2) is 26.9 Å². The number of halogens is 1. The van der Waals surface area contributed by atoms with Crippen molar-refractivity contribution < 1.29 is 4.74 Å². The summed E-state index contributed by atoms with van der Waals surface area (Å²) in [5.74, 6) is 0.547. The lowest BCUT2D eigenvalue weighted by atomic mass is 10.1. The fraction of sp³-hybridized carbons (Fsp3) is 0.188. The first-order chi connectivity index (χ1) is 11.2. The van der Waals surface area contributed by atoms with Gasteiger partial charge in [0.15, 0.2) is 5.82 Å². The molecule has 0 amide bonds. The van der Waals surface area contributed by atoms with Gasteiger partial charge in [-0.2, -0.15) is 10.1 Å². The van der Waals surface area contributed by atoms with Crippen LogP contribution in [0, 0.1) is 0 Å². The number of nitrogens with zero attached hydrogens (tertiary/aromatic N) is 4. The van der Waals surface area contributed by atoms with Crippen molar-refractivity contribution in [2.75, 3.05) is 12.4 Å². The zero-order valence-corrected chi connectivity index (χ0v) is 13.6. The molecule has 0 spiro atoms. The van der Waals surface area contributed by atoms with E-state index in [9.17, 15) is 0 Å². The second kappa shape index (κ2) is 6.66. The maximum atomic E-state index is 6.10. The highest BCUT2D eigenvalue weighted by Crippen LogP contribution is 2.23. The first-order valence-electron chi connectivity index (χ1n) is 7.04. The minimum absolute atomic E-state index is 0.279. The second-order valence-electron chi connectivity index (χ2n) is 5.01. The summed E-state index contributed by atoms with van der Waals surface area (Å²) in [6, 6.07) is 8.50. The number of hydrogen-bond donors (Lipinski definition) is 1. The van der Waals surface area contributed by atoms with E-state index >= 15 is 0 Å². The van der Waals surface area contributed by atoms with Crippen molar-refractivity contribution in [2.24, 2.45) is 7.05 Å². The first kappa shape index (κ1) is 15.3. The number of aromatic nitrogens is 4. The molecule has 2 heterocycles. The van der Waals surface area contributed by atoms with Gasteiger partial charge >= 0.3 is 6.01 Å². The van der Waals surface area contributed by atoms with E-state index in [0.29, 0.717) is 17.4 Å². The Kier molecular flexibility index (Phi) is 4.43. The molecule has 0 unspecified atom stereocenters. The summed E-state index contributed by atoms with van der Waals surface area (Å²) in [4.78, 5) is 8.15. The molecule has 2 aromatic heterocycles. The third-order valence-corrected chi connectivity index (χ3v) is 3.61. The number of anilines is 1. The van der Waals surface area contributed by atoms with Crippen molar-refractivity contribution in [1.29, 1.82) is 0 Å². The SMILES string of the molecule is COc1ncc(Cl)c(NCc2cccc(-c3cnn(C)c3)c2)n1. The van der Waals surface area contributed by atoms with Crippen LogP contribution in [0.4, 0.5) is 5.82 Å². The summed E-state index contributed by atoms with van der Waals surface area (Å²) in [6.45, 7) is 0.591. The molecule has 0 aliphatic carbocycles. The minimum Gasteiger partial charge on any atom is -0.467 e. The minimum atomic E-state index is 0.279. The number of ether oxygens (including phenoxy) is 1. The van der Waals surface area contributed by atoms with Crippen LogP contribution in [0.5, 0.6) is 6.01 Å². The molecule has 0 saturated heterocycles. The predicted octanol–water partition coefficient (Wildman–Crippen LogP) is 3.15. The monoisotopic (exact) mass is 329 g/mol. The Hall–Kier alpha value is -2.60. The number of hydrogen-bond acceptors (Lipinski definition) is 5. The van der Waals surface area contributed by atoms with Crippen molar-refractivity contribution in [2.45, 2.75) is 6.54 Å². The highest BCUT2D eigenvalue weighted by Gasteiger charge is 2.06. The number of benzene rings is 1. The molecule has 0 radical (unpaired) electrons. The lowest BCUT2D eigenvalue weighted by Crippen LogP contribution is -2.04. The normalized spacial score (nSPS) is 10.6. The molecule has 1 aromatic carbocycles. The maximum Gasteiger partial charge on any atom is 0.318 e. The molecule has 3 aromatic rings. The van der Waals surface area contributed by atoms with Crippen molar-refractivity contribution in [3.63, 3.8) is 0 Å². The average Bonchev–Trinajstić information content (AvgIpc) is 3.01. The molecule has 6 nitrogen and oxygen atoms in total. The van der Waals surface area contributed by atoms with Gasteiger partial charge in [0.05, 0.1) is 19.5 Å². The quantitative estimate of drug-likeness (QED) is 0.779. The number of rotatable bonds is 5. The first-order valence-corrected chi connectivity index (χ1v) is 7.42. The fourth-order valence-corrected chi connectivity index (χ4v) is 2.35. The molecular weight excluding hydrogens is 314 g/mol. The Morgan fingerprint density at radius 3 is 2.87 bits per heavy atom. The molecule has 7 heteroatoms. The molecule has 0 aliphatic rings. The second-order valence-corrected chi connectivity index (χ2v) is 5.42. The molecule has 0 fully saturated rings. The van der Waals surface area contributed by atoms with Crippen molar-refractivity contribution in [1.82, 2.24) is 19.7 Å². The predicted molar refractivity (Wildman–Crippen MR) is 89.6 cm³/mol. The molecule has 118 valence electrons. The summed E-state index contributed by atoms with van der Waals surface area (Å²) in [7, 11) is 3.42. The van der Waals surface area contributed by atoms with Crippen LogP contribution < -0.4 is 10.1 Å². The van der Waals surface area contributed by atoms with Gasteiger partial charge in [-0.1, -0.05) is 29.8 Å². The topological polar surface area (TPSA) is 64.9 Å². The van der Waals surface area contributed by atoms with E-state index in [1.165, 1.54) is 13.3 Å². The molecule has 0 saturated carbocycles. The van der Waals surface area contributed by atoms with Gasteiger partial charge in [0.25, 0.3) is 0 Å². The Balaban J connectivity index is 1.76. The zero-order chi connectivity index (χ0) is 16.2. The maximum absolute atomic E-state index is 6.10. The van der Waals surface area contributed by atoms with Gasteiger partial charge in [0, 0.05) is 25.4 Å². The van der Waals surface area contributed by atoms with Crippen LogP contribution in [-0.2, 0) is 13.6 Å². The number of aryl methyl sites for hydroxylation is 1. The highest BCUT2D eigenvalue weighted by molar-refractivity contribution is 6.32. The van der Waals surface area contributed by atoms with Crippen LogP contribution in [0.1, 0.15) is 5.56 Å². The summed E-state index contributed by atoms with van der Waals surface area (Å²) < 4.78 is 6.80. The summed E-state index contributed by atoms with van der Waals surface area (Å²) in [6.07, 6.45) is 5.35. The third kappa shape index (κ3) is 3.60. The molecule has 0 aliphatic heterocycles. The average molecular weight is 330 g/mol. The zero-order valence-electron chi connectivity index (χ0n) is 12.8. The van der Waals surface area contributed by atoms with Crippen LogP contribution in [0.25, 0.3) is 11.1 Å². The van der Waals surface area contributed by atoms with E-state index in [2.05, 4.69) is 32.5 Å². The highest BCUT2D eigenvalue weighted by atomic mass is 35.5. The van der Waals surface area contributed by atoms with E-state index in [0.717, 1.165) is 16.7 Å². The summed E-state index contributed by atoms with van der Waals surface area (Å²) in [5.41, 5.74) is 3.31. The number of nitrogens with one attached hydrogen (secondary N) is 1. The van der Waals surface area contributed by atoms with Gasteiger partial charge in [0.1, 0.15) is 5.02 Å². The van der Waals surface area contributed by atoms with Crippen LogP contribution >= 0.6 is 11.6 Å². The molecule has 3 rings (SSSR count). The van der Waals surface area contributed by atoms with Gasteiger partial charge in [-0.25, -0.2) is 4.98 Å². The van der Waals surface area contributed by atoms with E-state index in [-0.39, 0.29) is 6.01 Å². The van der Waals surface area contributed by atoms with Crippen LogP contribution in [0.3, 0.4) is 0 Å². The fourth-order valence-electron chi connectivity index (χ4n) is 2.19. The van der Waals surface area contributed by atoms with Gasteiger partial charge in [-0.05, 0) is 17.2 Å². The molecule has 23 heavy (non-hydrogen) atoms. The van der Waals surface area contributed by atoms with Crippen molar-refractivity contribution >= 4 is 17.4 Å². The van der Waals surface area contributed by atoms with Crippen LogP contribution in [0.15, 0.2) is 42.9 Å². The van der Waals surface area contributed by atoms with Gasteiger partial charge < -0.3 is 10.1 Å². The molecular formula is C16H16ClN5O. The Morgan fingerprint density at radius 2 is 2.13 bits per heavy atom. The van der Waals surface area contributed by atoms with Gasteiger partial charge in [-0.15, -0.1) is 0 Å². The molecule has 1 N–H and O–H groups in total. The largest absolute Gasteiger partial charge is 0.467 e. The summed E-state index contributed by atoms with van der Waals surface area (Å²) in [5, 5.41) is 7.86. The lowest BCUT2D eigenvalue weighted by molar-refractivity contribution is 0.380. The van der Waals surface area contributed by atoms with Crippen LogP contribution in [0.2, 0.25) is 5.02 Å². The van der Waals surface area contributed by atoms with Crippen molar-refractivity contribution in [3.8, 4) is 17.1 Å². The standard InChI is InChI=1S/C16H16ClN5O/c1-22-10-13(8-20-22)12-5-3-4-11(6-12)7-18-15-14(17)9-19-16(21-15)23-2/h3-6,8-10H,7H2,1-2H3,(H,18,19,21). The Morgan fingerprint density at radius 1 is 1.26 bits per heavy atom. The Bertz CT molecular complexity index is 818. The Labute approximate surface area is 139 Å². The van der Waals surface area contributed by atoms with Crippen molar-refractivity contribution in [3.05, 3.63) is 53.4 Å². The number of methoxy groups -OCH3 is 1.